The minimum absolute atomic E-state index is 0.0132. The van der Waals surface area contributed by atoms with E-state index in [4.69, 9.17) is 11.0 Å². The topological polar surface area (TPSA) is 70.1 Å². The molecule has 0 radical (unpaired) electrons. The van der Waals surface area contributed by atoms with Crippen molar-refractivity contribution in [1.29, 1.82) is 5.26 Å². The monoisotopic (exact) mass is 221 g/mol. The first-order valence-electron chi connectivity index (χ1n) is 6.17. The van der Waals surface area contributed by atoms with Crippen molar-refractivity contribution in [2.24, 2.45) is 11.7 Å². The third-order valence-electron chi connectivity index (χ3n) is 3.62. The van der Waals surface area contributed by atoms with Gasteiger partial charge in [0.25, 0.3) is 0 Å². The summed E-state index contributed by atoms with van der Waals surface area (Å²) < 4.78 is 0. The maximum atomic E-state index is 12.3. The SMILES string of the molecule is N#CCCN(C(=O)C1CCCC1N)C1CC1. The zero-order chi connectivity index (χ0) is 11.5. The maximum Gasteiger partial charge on any atom is 0.227 e. The Morgan fingerprint density at radius 2 is 2.12 bits per heavy atom. The van der Waals surface area contributed by atoms with Gasteiger partial charge in [-0.3, -0.25) is 4.79 Å². The Kier molecular flexibility index (Phi) is 3.45. The first kappa shape index (κ1) is 11.4. The molecule has 2 fully saturated rings. The average molecular weight is 221 g/mol. The number of amides is 1. The summed E-state index contributed by atoms with van der Waals surface area (Å²) in [7, 11) is 0. The van der Waals surface area contributed by atoms with Crippen molar-refractivity contribution in [2.75, 3.05) is 6.54 Å². The van der Waals surface area contributed by atoms with E-state index in [2.05, 4.69) is 6.07 Å². The van der Waals surface area contributed by atoms with E-state index >= 15 is 0 Å². The van der Waals surface area contributed by atoms with Crippen LogP contribution in [-0.4, -0.2) is 29.4 Å². The van der Waals surface area contributed by atoms with E-state index in [0.29, 0.717) is 19.0 Å². The summed E-state index contributed by atoms with van der Waals surface area (Å²) in [5, 5.41) is 8.60. The van der Waals surface area contributed by atoms with Gasteiger partial charge in [-0.1, -0.05) is 6.42 Å². The molecule has 2 aliphatic rings. The minimum Gasteiger partial charge on any atom is -0.338 e. The van der Waals surface area contributed by atoms with Crippen molar-refractivity contribution in [3.63, 3.8) is 0 Å². The highest BCUT2D eigenvalue weighted by atomic mass is 16.2. The van der Waals surface area contributed by atoms with E-state index in [-0.39, 0.29) is 17.9 Å². The average Bonchev–Trinajstić information content (AvgIpc) is 3.01. The molecular weight excluding hydrogens is 202 g/mol. The van der Waals surface area contributed by atoms with Crippen LogP contribution in [0.1, 0.15) is 38.5 Å². The number of carbonyl (C=O) groups is 1. The standard InChI is InChI=1S/C12H19N3O/c13-7-2-8-15(9-5-6-9)12(16)10-3-1-4-11(10)14/h9-11H,1-6,8,14H2. The molecule has 2 unspecified atom stereocenters. The van der Waals surface area contributed by atoms with Crippen LogP contribution in [0.15, 0.2) is 0 Å². The Hall–Kier alpha value is -1.08. The number of rotatable bonds is 4. The van der Waals surface area contributed by atoms with Crippen LogP contribution in [0.4, 0.5) is 0 Å². The number of carbonyl (C=O) groups excluding carboxylic acids is 1. The molecule has 1 amide bonds. The van der Waals surface area contributed by atoms with Crippen LogP contribution in [0.5, 0.6) is 0 Å². The third-order valence-corrected chi connectivity index (χ3v) is 3.62. The quantitative estimate of drug-likeness (QED) is 0.770. The fraction of sp³-hybridized carbons (Fsp3) is 0.833. The molecular formula is C12H19N3O. The van der Waals surface area contributed by atoms with Gasteiger partial charge in [0.2, 0.25) is 5.91 Å². The molecule has 2 aliphatic carbocycles. The molecule has 0 spiro atoms. The normalized spacial score (nSPS) is 28.8. The van der Waals surface area contributed by atoms with Crippen LogP contribution in [0.3, 0.4) is 0 Å². The molecule has 0 heterocycles. The number of hydrogen-bond donors (Lipinski definition) is 1. The molecule has 4 heteroatoms. The van der Waals surface area contributed by atoms with Crippen LogP contribution in [-0.2, 0) is 4.79 Å². The Labute approximate surface area is 96.4 Å². The molecule has 2 rings (SSSR count). The number of nitriles is 1. The fourth-order valence-electron chi connectivity index (χ4n) is 2.54. The molecule has 4 nitrogen and oxygen atoms in total. The Morgan fingerprint density at radius 1 is 1.38 bits per heavy atom. The molecule has 0 saturated heterocycles. The molecule has 0 aromatic carbocycles. The van der Waals surface area contributed by atoms with Crippen LogP contribution in [0.25, 0.3) is 0 Å². The highest BCUT2D eigenvalue weighted by Crippen LogP contribution is 2.32. The predicted molar refractivity (Wildman–Crippen MR) is 60.3 cm³/mol. The largest absolute Gasteiger partial charge is 0.338 e. The lowest BCUT2D eigenvalue weighted by Gasteiger charge is -2.26. The lowest BCUT2D eigenvalue weighted by atomic mass is 10.0. The van der Waals surface area contributed by atoms with Gasteiger partial charge in [0, 0.05) is 18.6 Å². The van der Waals surface area contributed by atoms with Crippen LogP contribution < -0.4 is 5.73 Å². The van der Waals surface area contributed by atoms with Gasteiger partial charge in [-0.2, -0.15) is 5.26 Å². The highest BCUT2D eigenvalue weighted by Gasteiger charge is 2.39. The Balaban J connectivity index is 1.96. The van der Waals surface area contributed by atoms with E-state index < -0.39 is 0 Å². The highest BCUT2D eigenvalue weighted by molar-refractivity contribution is 5.80. The zero-order valence-electron chi connectivity index (χ0n) is 9.56. The molecule has 0 aliphatic heterocycles. The molecule has 2 saturated carbocycles. The smallest absolute Gasteiger partial charge is 0.227 e. The second kappa shape index (κ2) is 4.84. The van der Waals surface area contributed by atoms with Crippen LogP contribution >= 0.6 is 0 Å². The number of nitrogens with zero attached hydrogens (tertiary/aromatic N) is 2. The first-order valence-corrected chi connectivity index (χ1v) is 6.17. The van der Waals surface area contributed by atoms with E-state index in [0.717, 1.165) is 32.1 Å². The maximum absolute atomic E-state index is 12.3. The second-order valence-corrected chi connectivity index (χ2v) is 4.87. The zero-order valence-corrected chi connectivity index (χ0v) is 9.56. The summed E-state index contributed by atoms with van der Waals surface area (Å²) in [5.74, 6) is 0.210. The van der Waals surface area contributed by atoms with E-state index in [1.165, 1.54) is 0 Å². The van der Waals surface area contributed by atoms with Crippen LogP contribution in [0, 0.1) is 17.2 Å². The minimum atomic E-state index is 0.0132. The molecule has 2 N–H and O–H groups in total. The third kappa shape index (κ3) is 2.35. The molecule has 0 bridgehead atoms. The summed E-state index contributed by atoms with van der Waals surface area (Å²) >= 11 is 0. The van der Waals surface area contributed by atoms with E-state index in [1.54, 1.807) is 0 Å². The molecule has 16 heavy (non-hydrogen) atoms. The molecule has 0 aromatic rings. The van der Waals surface area contributed by atoms with Crippen molar-refractivity contribution in [3.05, 3.63) is 0 Å². The van der Waals surface area contributed by atoms with E-state index in [9.17, 15) is 4.79 Å². The number of nitrogens with two attached hydrogens (primary N) is 1. The summed E-state index contributed by atoms with van der Waals surface area (Å²) in [6.07, 6.45) is 5.58. The molecule has 88 valence electrons. The first-order chi connectivity index (χ1) is 7.74. The fourth-order valence-corrected chi connectivity index (χ4v) is 2.54. The van der Waals surface area contributed by atoms with Crippen LogP contribution in [0.2, 0.25) is 0 Å². The van der Waals surface area contributed by atoms with Gasteiger partial charge in [0.05, 0.1) is 18.4 Å². The molecule has 0 aromatic heterocycles. The van der Waals surface area contributed by atoms with Crippen molar-refractivity contribution >= 4 is 5.91 Å². The van der Waals surface area contributed by atoms with Gasteiger partial charge in [-0.05, 0) is 25.7 Å². The molecule has 2 atom stereocenters. The van der Waals surface area contributed by atoms with Crippen molar-refractivity contribution in [3.8, 4) is 6.07 Å². The summed E-state index contributed by atoms with van der Waals surface area (Å²) in [6.45, 7) is 0.587. The van der Waals surface area contributed by atoms with Gasteiger partial charge in [0.15, 0.2) is 0 Å². The van der Waals surface area contributed by atoms with Crippen molar-refractivity contribution < 1.29 is 4.79 Å². The Morgan fingerprint density at radius 3 is 2.62 bits per heavy atom. The lowest BCUT2D eigenvalue weighted by molar-refractivity contribution is -0.136. The van der Waals surface area contributed by atoms with Gasteiger partial charge < -0.3 is 10.6 Å². The van der Waals surface area contributed by atoms with Gasteiger partial charge in [0.1, 0.15) is 0 Å². The van der Waals surface area contributed by atoms with Gasteiger partial charge in [-0.25, -0.2) is 0 Å². The predicted octanol–water partition coefficient (Wildman–Crippen LogP) is 1.02. The van der Waals surface area contributed by atoms with Crippen molar-refractivity contribution in [2.45, 2.75) is 50.6 Å². The summed E-state index contributed by atoms with van der Waals surface area (Å²) in [5.41, 5.74) is 5.95. The van der Waals surface area contributed by atoms with Gasteiger partial charge >= 0.3 is 0 Å². The second-order valence-electron chi connectivity index (χ2n) is 4.87. The Bertz CT molecular complexity index is 306. The summed E-state index contributed by atoms with van der Waals surface area (Å²) in [6, 6.07) is 2.55. The lowest BCUT2D eigenvalue weighted by Crippen LogP contribution is -2.43. The summed E-state index contributed by atoms with van der Waals surface area (Å²) in [4.78, 5) is 14.2. The van der Waals surface area contributed by atoms with E-state index in [1.807, 2.05) is 4.90 Å². The van der Waals surface area contributed by atoms with Crippen molar-refractivity contribution in [1.82, 2.24) is 4.90 Å². The number of hydrogen-bond acceptors (Lipinski definition) is 3. The van der Waals surface area contributed by atoms with Gasteiger partial charge in [-0.15, -0.1) is 0 Å².